The minimum Gasteiger partial charge on any atom is -0.344 e. The average molecular weight is 387 g/mol. The number of nitrogens with zero attached hydrogens (tertiary/aromatic N) is 2. The summed E-state index contributed by atoms with van der Waals surface area (Å²) >= 11 is 0. The molecule has 6 heteroatoms. The highest BCUT2D eigenvalue weighted by atomic mass is 19.1. The molecule has 144 valence electrons. The van der Waals surface area contributed by atoms with Crippen molar-refractivity contribution in [2.45, 2.75) is 13.0 Å². The van der Waals surface area contributed by atoms with Gasteiger partial charge in [0, 0.05) is 6.07 Å². The van der Waals surface area contributed by atoms with Crippen LogP contribution < -0.4 is 10.9 Å². The van der Waals surface area contributed by atoms with Crippen LogP contribution in [0.15, 0.2) is 83.7 Å². The van der Waals surface area contributed by atoms with E-state index in [2.05, 4.69) is 10.4 Å². The third-order valence-electron chi connectivity index (χ3n) is 4.74. The maximum absolute atomic E-state index is 13.2. The topological polar surface area (TPSA) is 64.0 Å². The van der Waals surface area contributed by atoms with Crippen molar-refractivity contribution >= 4 is 16.7 Å². The molecular formula is C23H18FN3O2. The van der Waals surface area contributed by atoms with Crippen LogP contribution in [-0.4, -0.2) is 15.7 Å². The lowest BCUT2D eigenvalue weighted by molar-refractivity contribution is 0.0933. The number of amides is 1. The van der Waals surface area contributed by atoms with Gasteiger partial charge < -0.3 is 5.32 Å². The number of rotatable bonds is 4. The largest absolute Gasteiger partial charge is 0.344 e. The Morgan fingerprint density at radius 3 is 2.48 bits per heavy atom. The van der Waals surface area contributed by atoms with Crippen molar-refractivity contribution in [2.24, 2.45) is 0 Å². The molecule has 0 spiro atoms. The molecule has 4 rings (SSSR count). The van der Waals surface area contributed by atoms with E-state index in [1.807, 2.05) is 49.4 Å². The first kappa shape index (κ1) is 18.6. The molecule has 0 fully saturated rings. The van der Waals surface area contributed by atoms with Crippen molar-refractivity contribution in [1.82, 2.24) is 15.1 Å². The Morgan fingerprint density at radius 2 is 1.69 bits per heavy atom. The predicted octanol–water partition coefficient (Wildman–Crippen LogP) is 4.02. The third kappa shape index (κ3) is 3.78. The second-order valence-corrected chi connectivity index (χ2v) is 6.71. The summed E-state index contributed by atoms with van der Waals surface area (Å²) in [6, 6.07) is 21.6. The van der Waals surface area contributed by atoms with Crippen LogP contribution in [0.1, 0.15) is 29.0 Å². The summed E-state index contributed by atoms with van der Waals surface area (Å²) in [4.78, 5) is 24.9. The van der Waals surface area contributed by atoms with E-state index in [0.29, 0.717) is 5.69 Å². The van der Waals surface area contributed by atoms with Crippen molar-refractivity contribution in [1.29, 1.82) is 0 Å². The van der Waals surface area contributed by atoms with Crippen LogP contribution in [0, 0.1) is 5.82 Å². The van der Waals surface area contributed by atoms with E-state index in [9.17, 15) is 14.0 Å². The first-order chi connectivity index (χ1) is 14.0. The van der Waals surface area contributed by atoms with Crippen LogP contribution in [0.4, 0.5) is 4.39 Å². The summed E-state index contributed by atoms with van der Waals surface area (Å²) in [6.45, 7) is 1.90. The number of halogens is 1. The van der Waals surface area contributed by atoms with E-state index in [1.165, 1.54) is 36.4 Å². The smallest absolute Gasteiger partial charge is 0.272 e. The lowest BCUT2D eigenvalue weighted by atomic mass is 9.99. The normalized spacial score (nSPS) is 11.9. The van der Waals surface area contributed by atoms with Crippen LogP contribution in [-0.2, 0) is 0 Å². The van der Waals surface area contributed by atoms with Gasteiger partial charge in [0.2, 0.25) is 0 Å². The third-order valence-corrected chi connectivity index (χ3v) is 4.74. The lowest BCUT2D eigenvalue weighted by Gasteiger charge is -2.16. The molecule has 0 bridgehead atoms. The molecule has 1 heterocycles. The molecule has 0 saturated carbocycles. The van der Waals surface area contributed by atoms with Gasteiger partial charge in [0.05, 0.1) is 11.7 Å². The Morgan fingerprint density at radius 1 is 0.966 bits per heavy atom. The number of hydrogen-bond acceptors (Lipinski definition) is 3. The van der Waals surface area contributed by atoms with Gasteiger partial charge in [-0.1, -0.05) is 42.5 Å². The Kier molecular flexibility index (Phi) is 4.91. The summed E-state index contributed by atoms with van der Waals surface area (Å²) in [5, 5.41) is 9.24. The van der Waals surface area contributed by atoms with Gasteiger partial charge in [-0.3, -0.25) is 9.59 Å². The molecule has 1 atom stereocenters. The van der Waals surface area contributed by atoms with Gasteiger partial charge in [-0.05, 0) is 53.6 Å². The molecule has 0 saturated heterocycles. The highest BCUT2D eigenvalue weighted by Crippen LogP contribution is 2.24. The van der Waals surface area contributed by atoms with Gasteiger partial charge in [-0.25, -0.2) is 4.39 Å². The summed E-state index contributed by atoms with van der Waals surface area (Å²) in [5.41, 5.74) is 1.06. The highest BCUT2D eigenvalue weighted by molar-refractivity contribution is 5.93. The van der Waals surface area contributed by atoms with Gasteiger partial charge in [-0.2, -0.15) is 9.78 Å². The summed E-state index contributed by atoms with van der Waals surface area (Å²) in [6.07, 6.45) is 0. The van der Waals surface area contributed by atoms with Gasteiger partial charge in [0.15, 0.2) is 0 Å². The van der Waals surface area contributed by atoms with Crippen molar-refractivity contribution in [3.05, 3.63) is 106 Å². The summed E-state index contributed by atoms with van der Waals surface area (Å²) < 4.78 is 14.2. The molecule has 0 radical (unpaired) electrons. The molecule has 0 aliphatic rings. The highest BCUT2D eigenvalue weighted by Gasteiger charge is 2.16. The molecule has 4 aromatic rings. The Labute approximate surface area is 166 Å². The molecule has 3 aromatic carbocycles. The molecule has 1 unspecified atom stereocenters. The molecule has 1 aromatic heterocycles. The van der Waals surface area contributed by atoms with Gasteiger partial charge in [-0.15, -0.1) is 0 Å². The van der Waals surface area contributed by atoms with Crippen molar-refractivity contribution in [3.63, 3.8) is 0 Å². The number of fused-ring (bicyclic) bond motifs is 1. The maximum Gasteiger partial charge on any atom is 0.272 e. The number of hydrogen-bond donors (Lipinski definition) is 1. The minimum absolute atomic E-state index is 0.0982. The second-order valence-electron chi connectivity index (χ2n) is 6.71. The Balaban J connectivity index is 1.62. The number of aromatic nitrogens is 2. The first-order valence-electron chi connectivity index (χ1n) is 9.18. The van der Waals surface area contributed by atoms with Gasteiger partial charge in [0.1, 0.15) is 11.5 Å². The molecule has 5 nitrogen and oxygen atoms in total. The number of carbonyl (C=O) groups excluding carboxylic acids is 1. The zero-order valence-corrected chi connectivity index (χ0v) is 15.7. The van der Waals surface area contributed by atoms with Crippen LogP contribution in [0.25, 0.3) is 16.5 Å². The first-order valence-corrected chi connectivity index (χ1v) is 9.18. The van der Waals surface area contributed by atoms with Crippen molar-refractivity contribution in [3.8, 4) is 5.69 Å². The molecule has 0 aliphatic carbocycles. The average Bonchev–Trinajstić information content (AvgIpc) is 2.74. The monoisotopic (exact) mass is 387 g/mol. The number of nitrogens with one attached hydrogen (secondary N) is 1. The maximum atomic E-state index is 13.2. The van der Waals surface area contributed by atoms with Crippen LogP contribution in [0.2, 0.25) is 0 Å². The van der Waals surface area contributed by atoms with Gasteiger partial charge in [0.25, 0.3) is 11.5 Å². The molecule has 1 amide bonds. The van der Waals surface area contributed by atoms with E-state index < -0.39 is 17.3 Å². The van der Waals surface area contributed by atoms with E-state index >= 15 is 0 Å². The SMILES string of the molecule is CC(NC(=O)c1ccc(=O)n(-c2ccc(F)cc2)n1)c1cccc2ccccc12. The van der Waals surface area contributed by atoms with E-state index in [4.69, 9.17) is 0 Å². The lowest BCUT2D eigenvalue weighted by Crippen LogP contribution is -2.30. The quantitative estimate of drug-likeness (QED) is 0.575. The van der Waals surface area contributed by atoms with E-state index in [0.717, 1.165) is 21.0 Å². The standard InChI is InChI=1S/C23H18FN3O2/c1-15(19-8-4-6-16-5-2-3-7-20(16)19)25-23(29)21-13-14-22(28)27(26-21)18-11-9-17(24)10-12-18/h2-15H,1H3,(H,25,29). The molecule has 29 heavy (non-hydrogen) atoms. The molecule has 0 aliphatic heterocycles. The van der Waals surface area contributed by atoms with E-state index in [1.54, 1.807) is 0 Å². The second kappa shape index (κ2) is 7.67. The van der Waals surface area contributed by atoms with Crippen LogP contribution in [0.5, 0.6) is 0 Å². The fraction of sp³-hybridized carbons (Fsp3) is 0.0870. The minimum atomic E-state index is -0.417. The van der Waals surface area contributed by atoms with E-state index in [-0.39, 0.29) is 11.7 Å². The van der Waals surface area contributed by atoms with Crippen LogP contribution in [0.3, 0.4) is 0 Å². The number of benzene rings is 3. The molecule has 1 N–H and O–H groups in total. The summed E-state index contributed by atoms with van der Waals surface area (Å²) in [5.74, 6) is -0.819. The molecular weight excluding hydrogens is 369 g/mol. The van der Waals surface area contributed by atoms with Crippen molar-refractivity contribution in [2.75, 3.05) is 0 Å². The van der Waals surface area contributed by atoms with Gasteiger partial charge >= 0.3 is 0 Å². The predicted molar refractivity (Wildman–Crippen MR) is 110 cm³/mol. The zero-order chi connectivity index (χ0) is 20.4. The van der Waals surface area contributed by atoms with Crippen molar-refractivity contribution < 1.29 is 9.18 Å². The fourth-order valence-corrected chi connectivity index (χ4v) is 3.28. The Hall–Kier alpha value is -3.80. The summed E-state index contributed by atoms with van der Waals surface area (Å²) in [7, 11) is 0. The number of carbonyl (C=O) groups is 1. The zero-order valence-electron chi connectivity index (χ0n) is 15.7. The fourth-order valence-electron chi connectivity index (χ4n) is 3.28. The van der Waals surface area contributed by atoms with Crippen LogP contribution >= 0.6 is 0 Å². The Bertz CT molecular complexity index is 1240.